The number of nitrogens with zero attached hydrogens (tertiary/aromatic N) is 4. The largest absolute Gasteiger partial charge is 0.293 e. The molecule has 8 heteroatoms. The lowest BCUT2D eigenvalue weighted by Gasteiger charge is -2.28. The van der Waals surface area contributed by atoms with E-state index in [9.17, 15) is 8.42 Å². The van der Waals surface area contributed by atoms with E-state index in [1.54, 1.807) is 18.3 Å². The van der Waals surface area contributed by atoms with Gasteiger partial charge in [0.1, 0.15) is 5.82 Å². The van der Waals surface area contributed by atoms with Gasteiger partial charge in [0.25, 0.3) is 0 Å². The zero-order valence-corrected chi connectivity index (χ0v) is 20.0. The van der Waals surface area contributed by atoms with Gasteiger partial charge in [-0.2, -0.15) is 0 Å². The molecule has 0 saturated heterocycles. The van der Waals surface area contributed by atoms with E-state index in [1.165, 1.54) is 54.7 Å². The number of sulfone groups is 1. The second kappa shape index (κ2) is 9.00. The summed E-state index contributed by atoms with van der Waals surface area (Å²) in [5, 5.41) is 0. The Morgan fingerprint density at radius 1 is 1.06 bits per heavy atom. The van der Waals surface area contributed by atoms with Crippen molar-refractivity contribution >= 4 is 21.2 Å². The fraction of sp³-hybridized carbons (Fsp3) is 0.458. The molecule has 2 aromatic heterocycles. The van der Waals surface area contributed by atoms with Gasteiger partial charge in [-0.15, -0.1) is 11.3 Å². The SMILES string of the molecule is Cc1ccc(S(=O)(=O)c2ncc(CN3CCc4nc(C5CCCCC5)ncc4C3)s2)cc1. The molecule has 0 atom stereocenters. The molecule has 0 bridgehead atoms. The summed E-state index contributed by atoms with van der Waals surface area (Å²) < 4.78 is 26.0. The highest BCUT2D eigenvalue weighted by Gasteiger charge is 2.25. The van der Waals surface area contributed by atoms with Crippen LogP contribution >= 0.6 is 11.3 Å². The average molecular weight is 469 g/mol. The lowest BCUT2D eigenvalue weighted by atomic mass is 9.88. The summed E-state index contributed by atoms with van der Waals surface area (Å²) in [5.74, 6) is 1.56. The van der Waals surface area contributed by atoms with Crippen LogP contribution in [0.25, 0.3) is 0 Å². The summed E-state index contributed by atoms with van der Waals surface area (Å²) in [4.78, 5) is 17.4. The Hall–Kier alpha value is -2.16. The molecule has 0 amide bonds. The minimum absolute atomic E-state index is 0.161. The first-order valence-electron chi connectivity index (χ1n) is 11.3. The molecule has 5 rings (SSSR count). The molecule has 1 aliphatic carbocycles. The third-order valence-electron chi connectivity index (χ3n) is 6.47. The highest BCUT2D eigenvalue weighted by atomic mass is 32.2. The van der Waals surface area contributed by atoms with E-state index >= 15 is 0 Å². The Kier molecular flexibility index (Phi) is 6.09. The molecule has 0 N–H and O–H groups in total. The maximum Gasteiger partial charge on any atom is 0.233 e. The molecule has 32 heavy (non-hydrogen) atoms. The molecule has 0 spiro atoms. The van der Waals surface area contributed by atoms with Crippen molar-refractivity contribution in [3.63, 3.8) is 0 Å². The Bertz CT molecular complexity index is 1200. The van der Waals surface area contributed by atoms with Crippen molar-refractivity contribution in [2.45, 2.75) is 73.7 Å². The van der Waals surface area contributed by atoms with E-state index in [-0.39, 0.29) is 4.34 Å². The Balaban J connectivity index is 1.26. The van der Waals surface area contributed by atoms with Gasteiger partial charge in [0.2, 0.25) is 14.2 Å². The Labute approximate surface area is 193 Å². The van der Waals surface area contributed by atoms with Gasteiger partial charge in [-0.3, -0.25) is 4.90 Å². The van der Waals surface area contributed by atoms with Crippen LogP contribution in [-0.4, -0.2) is 34.8 Å². The molecule has 2 aliphatic rings. The number of aromatic nitrogens is 3. The first-order valence-corrected chi connectivity index (χ1v) is 13.6. The predicted molar refractivity (Wildman–Crippen MR) is 124 cm³/mol. The van der Waals surface area contributed by atoms with E-state index in [0.29, 0.717) is 17.4 Å². The highest BCUT2D eigenvalue weighted by molar-refractivity contribution is 7.93. The molecule has 3 aromatic rings. The van der Waals surface area contributed by atoms with E-state index in [4.69, 9.17) is 9.97 Å². The van der Waals surface area contributed by atoms with Crippen molar-refractivity contribution < 1.29 is 8.42 Å². The van der Waals surface area contributed by atoms with Crippen LogP contribution in [0.4, 0.5) is 0 Å². The molecule has 1 saturated carbocycles. The molecule has 1 aromatic carbocycles. The summed E-state index contributed by atoms with van der Waals surface area (Å²) >= 11 is 1.26. The fourth-order valence-electron chi connectivity index (χ4n) is 4.61. The van der Waals surface area contributed by atoms with Crippen LogP contribution in [0.15, 0.2) is 45.9 Å². The molecule has 0 unspecified atom stereocenters. The third-order valence-corrected chi connectivity index (χ3v) is 9.62. The quantitative estimate of drug-likeness (QED) is 0.541. The van der Waals surface area contributed by atoms with Crippen molar-refractivity contribution in [2.75, 3.05) is 6.54 Å². The molecule has 1 aliphatic heterocycles. The van der Waals surface area contributed by atoms with Crippen LogP contribution in [0.1, 0.15) is 65.5 Å². The molecule has 3 heterocycles. The van der Waals surface area contributed by atoms with Gasteiger partial charge in [-0.05, 0) is 31.9 Å². The summed E-state index contributed by atoms with van der Waals surface area (Å²) in [6.45, 7) is 4.33. The number of benzene rings is 1. The second-order valence-corrected chi connectivity index (χ2v) is 12.1. The molecule has 0 radical (unpaired) electrons. The predicted octanol–water partition coefficient (Wildman–Crippen LogP) is 4.68. The standard InChI is InChI=1S/C24H28N4O2S2/c1-17-7-9-21(10-8-17)32(29,30)24-26-14-20(31-24)16-28-12-11-22-19(15-28)13-25-23(27-22)18-5-3-2-4-6-18/h7-10,13-14,18H,2-6,11-12,15-16H2,1H3. The maximum absolute atomic E-state index is 12.9. The molecule has 1 fully saturated rings. The fourth-order valence-corrected chi connectivity index (χ4v) is 7.23. The van der Waals surface area contributed by atoms with Crippen molar-refractivity contribution in [2.24, 2.45) is 0 Å². The Morgan fingerprint density at radius 2 is 1.84 bits per heavy atom. The van der Waals surface area contributed by atoms with E-state index in [2.05, 4.69) is 9.88 Å². The molecular formula is C24H28N4O2S2. The summed E-state index contributed by atoms with van der Waals surface area (Å²) in [7, 11) is -3.57. The van der Waals surface area contributed by atoms with Gasteiger partial charge >= 0.3 is 0 Å². The van der Waals surface area contributed by atoms with Crippen LogP contribution in [0, 0.1) is 6.92 Å². The highest BCUT2D eigenvalue weighted by Crippen LogP contribution is 2.32. The van der Waals surface area contributed by atoms with Gasteiger partial charge in [0.15, 0.2) is 0 Å². The number of hydrogen-bond donors (Lipinski definition) is 0. The van der Waals surface area contributed by atoms with Gasteiger partial charge < -0.3 is 0 Å². The van der Waals surface area contributed by atoms with Gasteiger partial charge in [0, 0.05) is 60.5 Å². The van der Waals surface area contributed by atoms with E-state index in [1.807, 2.05) is 25.3 Å². The smallest absolute Gasteiger partial charge is 0.233 e. The van der Waals surface area contributed by atoms with Crippen molar-refractivity contribution in [3.05, 3.63) is 64.2 Å². The van der Waals surface area contributed by atoms with Crippen LogP contribution in [-0.2, 0) is 29.3 Å². The summed E-state index contributed by atoms with van der Waals surface area (Å²) in [5.41, 5.74) is 3.40. The topological polar surface area (TPSA) is 76.1 Å². The van der Waals surface area contributed by atoms with Gasteiger partial charge in [-0.25, -0.2) is 23.4 Å². The number of aryl methyl sites for hydroxylation is 1. The third kappa shape index (κ3) is 4.49. The molecule has 168 valence electrons. The number of fused-ring (bicyclic) bond motifs is 1. The zero-order chi connectivity index (χ0) is 22.1. The van der Waals surface area contributed by atoms with Crippen LogP contribution in [0.5, 0.6) is 0 Å². The lowest BCUT2D eigenvalue weighted by molar-refractivity contribution is 0.244. The van der Waals surface area contributed by atoms with Crippen molar-refractivity contribution in [1.29, 1.82) is 0 Å². The van der Waals surface area contributed by atoms with E-state index in [0.717, 1.165) is 35.8 Å². The zero-order valence-electron chi connectivity index (χ0n) is 18.3. The van der Waals surface area contributed by atoms with E-state index < -0.39 is 9.84 Å². The summed E-state index contributed by atoms with van der Waals surface area (Å²) in [6.07, 6.45) is 11.0. The number of rotatable bonds is 5. The van der Waals surface area contributed by atoms with Crippen LogP contribution < -0.4 is 0 Å². The minimum Gasteiger partial charge on any atom is -0.293 e. The van der Waals surface area contributed by atoms with Gasteiger partial charge in [-0.1, -0.05) is 37.0 Å². The first kappa shape index (κ1) is 21.7. The van der Waals surface area contributed by atoms with Gasteiger partial charge in [0.05, 0.1) is 4.90 Å². The maximum atomic E-state index is 12.9. The minimum atomic E-state index is -3.57. The second-order valence-electron chi connectivity index (χ2n) is 8.90. The normalized spacial score (nSPS) is 17.9. The first-order chi connectivity index (χ1) is 15.5. The molecule has 6 nitrogen and oxygen atoms in total. The van der Waals surface area contributed by atoms with Crippen molar-refractivity contribution in [1.82, 2.24) is 19.9 Å². The van der Waals surface area contributed by atoms with Crippen molar-refractivity contribution in [3.8, 4) is 0 Å². The lowest BCUT2D eigenvalue weighted by Crippen LogP contribution is -2.31. The molecular weight excluding hydrogens is 440 g/mol. The number of hydrogen-bond acceptors (Lipinski definition) is 7. The summed E-state index contributed by atoms with van der Waals surface area (Å²) in [6, 6.07) is 6.92. The van der Waals surface area contributed by atoms with Crippen LogP contribution in [0.2, 0.25) is 0 Å². The Morgan fingerprint density at radius 3 is 2.62 bits per heavy atom. The number of thiazole rings is 1. The van der Waals surface area contributed by atoms with Crippen LogP contribution in [0.3, 0.4) is 0 Å². The average Bonchev–Trinajstić information content (AvgIpc) is 3.29. The monoisotopic (exact) mass is 468 g/mol.